The molecule has 1 aliphatic carbocycles. The number of nitrogens with one attached hydrogen (secondary N) is 1. The number of tetrazole rings is 1. The number of hydrogen-bond donors (Lipinski definition) is 1. The number of halogens is 2. The monoisotopic (exact) mass is 446 g/mol. The summed E-state index contributed by atoms with van der Waals surface area (Å²) in [5.41, 5.74) is -0.512. The molecule has 1 unspecified atom stereocenters. The first-order valence-electron chi connectivity index (χ1n) is 9.09. The highest BCUT2D eigenvalue weighted by Gasteiger charge is 2.68. The van der Waals surface area contributed by atoms with Gasteiger partial charge in [0.1, 0.15) is 0 Å². The molecule has 1 heterocycles. The molecule has 12 heteroatoms. The topological polar surface area (TPSA) is 116 Å². The second-order valence-electron chi connectivity index (χ2n) is 7.37. The number of hydrogen-bond acceptors (Lipinski definition) is 7. The second-order valence-corrected chi connectivity index (χ2v) is 8.38. The smallest absolute Gasteiger partial charge is 0.270 e. The lowest BCUT2D eigenvalue weighted by Crippen LogP contribution is -2.14. The van der Waals surface area contributed by atoms with Crippen LogP contribution in [0.4, 0.5) is 20.2 Å². The summed E-state index contributed by atoms with van der Waals surface area (Å²) in [5, 5.41) is 25.3. The van der Waals surface area contributed by atoms with Crippen molar-refractivity contribution in [2.24, 2.45) is 7.05 Å². The summed E-state index contributed by atoms with van der Waals surface area (Å²) in [6, 6.07) is 10.1. The number of aryl methyl sites for hydroxylation is 1. The van der Waals surface area contributed by atoms with E-state index in [9.17, 15) is 23.7 Å². The van der Waals surface area contributed by atoms with Crippen molar-refractivity contribution in [3.63, 3.8) is 0 Å². The van der Waals surface area contributed by atoms with Gasteiger partial charge in [0.15, 0.2) is 0 Å². The van der Waals surface area contributed by atoms with E-state index >= 15 is 0 Å². The Hall–Kier alpha value is -3.41. The minimum absolute atomic E-state index is 0.0620. The molecule has 160 valence electrons. The molecule has 0 aliphatic heterocycles. The van der Waals surface area contributed by atoms with Crippen molar-refractivity contribution >= 4 is 29.0 Å². The Morgan fingerprint density at radius 2 is 1.94 bits per heavy atom. The number of amides is 1. The van der Waals surface area contributed by atoms with Crippen molar-refractivity contribution < 1.29 is 18.5 Å². The van der Waals surface area contributed by atoms with Crippen LogP contribution >= 0.6 is 11.8 Å². The van der Waals surface area contributed by atoms with Crippen molar-refractivity contribution in [2.45, 2.75) is 34.7 Å². The number of anilines is 1. The van der Waals surface area contributed by atoms with Crippen LogP contribution in [-0.2, 0) is 12.5 Å². The van der Waals surface area contributed by atoms with Gasteiger partial charge in [-0.15, -0.1) is 5.10 Å². The maximum Gasteiger partial charge on any atom is 0.270 e. The van der Waals surface area contributed by atoms with Crippen LogP contribution in [0.5, 0.6) is 0 Å². The highest BCUT2D eigenvalue weighted by Crippen LogP contribution is 2.61. The number of carbonyl (C=O) groups excluding carboxylic acids is 1. The van der Waals surface area contributed by atoms with E-state index in [1.807, 2.05) is 0 Å². The molecular formula is C19H16F2N6O3S. The zero-order chi connectivity index (χ0) is 22.4. The first-order valence-corrected chi connectivity index (χ1v) is 9.91. The Balaban J connectivity index is 1.59. The number of carbonyl (C=O) groups is 1. The van der Waals surface area contributed by atoms with Crippen LogP contribution in [0.3, 0.4) is 0 Å². The standard InChI is InChI=1S/C19H16F2N6O3S/c1-18(10-19(18,20)21)11-3-5-12(6-4-11)22-16(28)14-9-13(27(29)30)7-8-15(14)31-17-23-24-25-26(17)2/h3-9H,10H2,1-2H3,(H,22,28). The van der Waals surface area contributed by atoms with E-state index in [4.69, 9.17) is 0 Å². The first-order chi connectivity index (χ1) is 14.6. The van der Waals surface area contributed by atoms with Gasteiger partial charge in [-0.2, -0.15) is 0 Å². The SMILES string of the molecule is Cn1nnnc1Sc1ccc([N+](=O)[O-])cc1C(=O)Nc1ccc(C2(C)CC2(F)F)cc1. The average Bonchev–Trinajstić information content (AvgIpc) is 3.02. The van der Waals surface area contributed by atoms with Gasteiger partial charge >= 0.3 is 0 Å². The van der Waals surface area contributed by atoms with Crippen molar-refractivity contribution in [1.29, 1.82) is 0 Å². The number of non-ortho nitro benzene ring substituents is 1. The van der Waals surface area contributed by atoms with Gasteiger partial charge in [0.2, 0.25) is 5.16 Å². The molecule has 1 amide bonds. The highest BCUT2D eigenvalue weighted by molar-refractivity contribution is 7.99. The van der Waals surface area contributed by atoms with Gasteiger partial charge in [0.25, 0.3) is 17.5 Å². The average molecular weight is 446 g/mol. The Morgan fingerprint density at radius 1 is 1.26 bits per heavy atom. The third kappa shape index (κ3) is 3.85. The summed E-state index contributed by atoms with van der Waals surface area (Å²) in [6.07, 6.45) is -0.211. The van der Waals surface area contributed by atoms with Gasteiger partial charge in [0.05, 0.1) is 15.9 Å². The normalized spacial score (nSPS) is 19.1. The Labute approximate surface area is 179 Å². The molecule has 1 N–H and O–H groups in total. The molecule has 1 aromatic heterocycles. The summed E-state index contributed by atoms with van der Waals surface area (Å²) in [5.74, 6) is -3.32. The van der Waals surface area contributed by atoms with Crippen molar-refractivity contribution in [3.8, 4) is 0 Å². The zero-order valence-electron chi connectivity index (χ0n) is 16.4. The fourth-order valence-electron chi connectivity index (χ4n) is 3.14. The van der Waals surface area contributed by atoms with Gasteiger partial charge < -0.3 is 5.32 Å². The van der Waals surface area contributed by atoms with Gasteiger partial charge in [-0.1, -0.05) is 12.1 Å². The molecule has 9 nitrogen and oxygen atoms in total. The highest BCUT2D eigenvalue weighted by atomic mass is 32.2. The van der Waals surface area contributed by atoms with Crippen molar-refractivity contribution in [2.75, 3.05) is 5.32 Å². The molecule has 0 spiro atoms. The van der Waals surface area contributed by atoms with Gasteiger partial charge in [-0.25, -0.2) is 13.5 Å². The minimum atomic E-state index is -2.73. The molecule has 4 rings (SSSR count). The van der Waals surface area contributed by atoms with Crippen LogP contribution in [0.25, 0.3) is 0 Å². The largest absolute Gasteiger partial charge is 0.322 e. The van der Waals surface area contributed by atoms with Gasteiger partial charge in [-0.3, -0.25) is 14.9 Å². The number of rotatable bonds is 6. The number of alkyl halides is 2. The summed E-state index contributed by atoms with van der Waals surface area (Å²) < 4.78 is 28.6. The van der Waals surface area contributed by atoms with E-state index in [1.54, 1.807) is 19.2 Å². The molecule has 31 heavy (non-hydrogen) atoms. The lowest BCUT2D eigenvalue weighted by molar-refractivity contribution is -0.384. The molecule has 0 radical (unpaired) electrons. The van der Waals surface area contributed by atoms with Crippen LogP contribution in [0.1, 0.15) is 29.3 Å². The molecular weight excluding hydrogens is 430 g/mol. The fraction of sp³-hybridized carbons (Fsp3) is 0.263. The summed E-state index contributed by atoms with van der Waals surface area (Å²) in [6.45, 7) is 1.49. The zero-order valence-corrected chi connectivity index (χ0v) is 17.2. The van der Waals surface area contributed by atoms with E-state index in [0.717, 1.165) is 11.8 Å². The van der Waals surface area contributed by atoms with E-state index < -0.39 is 22.2 Å². The van der Waals surface area contributed by atoms with Gasteiger partial charge in [-0.05, 0) is 52.9 Å². The number of nitro groups is 1. The lowest BCUT2D eigenvalue weighted by Gasteiger charge is -2.13. The van der Waals surface area contributed by atoms with E-state index in [-0.39, 0.29) is 17.7 Å². The number of benzene rings is 2. The van der Waals surface area contributed by atoms with E-state index in [2.05, 4.69) is 20.8 Å². The quantitative estimate of drug-likeness (QED) is 0.452. The van der Waals surface area contributed by atoms with Crippen LogP contribution in [0.2, 0.25) is 0 Å². The van der Waals surface area contributed by atoms with Crippen LogP contribution in [-0.4, -0.2) is 37.0 Å². The Bertz CT molecular complexity index is 1180. The summed E-state index contributed by atoms with van der Waals surface area (Å²) in [7, 11) is 1.62. The fourth-order valence-corrected chi connectivity index (χ4v) is 3.98. The second kappa shape index (κ2) is 7.38. The molecule has 3 aromatic rings. The molecule has 1 aliphatic rings. The summed E-state index contributed by atoms with van der Waals surface area (Å²) >= 11 is 1.08. The van der Waals surface area contributed by atoms with Crippen LogP contribution < -0.4 is 5.32 Å². The third-order valence-corrected chi connectivity index (χ3v) is 6.34. The van der Waals surface area contributed by atoms with Crippen LogP contribution in [0, 0.1) is 10.1 Å². The predicted octanol–water partition coefficient (Wildman–Crippen LogP) is 3.82. The molecule has 0 bridgehead atoms. The molecule has 2 aromatic carbocycles. The van der Waals surface area contributed by atoms with E-state index in [1.165, 1.54) is 41.9 Å². The number of nitrogens with zero attached hydrogens (tertiary/aromatic N) is 5. The van der Waals surface area contributed by atoms with Gasteiger partial charge in [0, 0.05) is 36.2 Å². The molecule has 1 fully saturated rings. The third-order valence-electron chi connectivity index (χ3n) is 5.24. The van der Waals surface area contributed by atoms with E-state index in [0.29, 0.717) is 21.3 Å². The Kier molecular flexibility index (Phi) is 4.96. The Morgan fingerprint density at radius 3 is 2.48 bits per heavy atom. The van der Waals surface area contributed by atoms with Crippen molar-refractivity contribution in [3.05, 3.63) is 63.7 Å². The molecule has 0 saturated heterocycles. The predicted molar refractivity (Wildman–Crippen MR) is 107 cm³/mol. The maximum atomic E-state index is 13.6. The number of aromatic nitrogens is 4. The summed E-state index contributed by atoms with van der Waals surface area (Å²) in [4.78, 5) is 23.9. The number of nitro benzene ring substituents is 1. The first kappa shape index (κ1) is 20.8. The molecule has 1 saturated carbocycles. The maximum absolute atomic E-state index is 13.6. The van der Waals surface area contributed by atoms with Crippen LogP contribution in [0.15, 0.2) is 52.5 Å². The lowest BCUT2D eigenvalue weighted by atomic mass is 9.97. The molecule has 1 atom stereocenters. The van der Waals surface area contributed by atoms with Crippen molar-refractivity contribution in [1.82, 2.24) is 20.2 Å². The minimum Gasteiger partial charge on any atom is -0.322 e.